The number of ketones is 1. The Morgan fingerprint density at radius 3 is 2.50 bits per heavy atom. The molecule has 4 amide bonds. The van der Waals surface area contributed by atoms with Gasteiger partial charge in [-0.1, -0.05) is 30.3 Å². The fourth-order valence-corrected chi connectivity index (χ4v) is 4.44. The summed E-state index contributed by atoms with van der Waals surface area (Å²) in [5, 5.41) is 23.0. The summed E-state index contributed by atoms with van der Waals surface area (Å²) >= 11 is 0. The van der Waals surface area contributed by atoms with Crippen LogP contribution in [0.15, 0.2) is 54.7 Å². The van der Waals surface area contributed by atoms with Gasteiger partial charge in [0.25, 0.3) is 17.7 Å². The van der Waals surface area contributed by atoms with E-state index in [-0.39, 0.29) is 35.7 Å². The Labute approximate surface area is 228 Å². The molecule has 206 valence electrons. The normalized spacial score (nSPS) is 15.6. The maximum absolute atomic E-state index is 13.8. The molecule has 0 unspecified atom stereocenters. The summed E-state index contributed by atoms with van der Waals surface area (Å²) in [5.74, 6) is -3.17. The second-order valence-corrected chi connectivity index (χ2v) is 9.09. The first kappa shape index (κ1) is 28.0. The van der Waals surface area contributed by atoms with Crippen molar-refractivity contribution in [3.8, 4) is 0 Å². The molecule has 0 spiro atoms. The van der Waals surface area contributed by atoms with Gasteiger partial charge < -0.3 is 25.4 Å². The van der Waals surface area contributed by atoms with E-state index in [0.29, 0.717) is 17.2 Å². The third kappa shape index (κ3) is 5.99. The predicted octanol–water partition coefficient (Wildman–Crippen LogP) is -0.237. The Bertz CT molecular complexity index is 1490. The zero-order valence-corrected chi connectivity index (χ0v) is 21.4. The van der Waals surface area contributed by atoms with Crippen molar-refractivity contribution in [1.82, 2.24) is 20.8 Å². The highest BCUT2D eigenvalue weighted by atomic mass is 16.3. The zero-order chi connectivity index (χ0) is 28.8. The minimum Gasteiger partial charge on any atom is -0.387 e. The van der Waals surface area contributed by atoms with E-state index in [9.17, 15) is 33.9 Å². The number of nitrogens with zero attached hydrogens (tertiary/aromatic N) is 4. The van der Waals surface area contributed by atoms with Crippen molar-refractivity contribution < 1.29 is 33.9 Å². The number of benzene rings is 2. The van der Waals surface area contributed by atoms with Gasteiger partial charge in [-0.2, -0.15) is 10.2 Å². The van der Waals surface area contributed by atoms with Gasteiger partial charge in [0.1, 0.15) is 31.3 Å². The number of aliphatic hydroxyl groups is 1. The van der Waals surface area contributed by atoms with Crippen LogP contribution in [-0.4, -0.2) is 82.8 Å². The second-order valence-electron chi connectivity index (χ2n) is 9.09. The fraction of sp³-hybridized carbons (Fsp3) is 0.259. The number of amides is 4. The number of nitrogens with one attached hydrogen (secondary N) is 2. The van der Waals surface area contributed by atoms with Crippen molar-refractivity contribution in [2.24, 2.45) is 0 Å². The summed E-state index contributed by atoms with van der Waals surface area (Å²) in [6, 6.07) is 10.6. The molecule has 2 heterocycles. The van der Waals surface area contributed by atoms with Crippen LogP contribution in [0.3, 0.4) is 0 Å². The monoisotopic (exact) mass is 546 g/mol. The number of para-hydroxylation sites is 2. The van der Waals surface area contributed by atoms with E-state index >= 15 is 0 Å². The Morgan fingerprint density at radius 1 is 1.10 bits per heavy atom. The average Bonchev–Trinajstić information content (AvgIpc) is 3.06. The Balaban J connectivity index is 1.69. The van der Waals surface area contributed by atoms with Gasteiger partial charge in [-0.15, -0.1) is 0 Å². The van der Waals surface area contributed by atoms with Crippen LogP contribution in [0.1, 0.15) is 23.7 Å². The summed E-state index contributed by atoms with van der Waals surface area (Å²) < 4.78 is 0. The topological polar surface area (TPSA) is 179 Å². The van der Waals surface area contributed by atoms with Crippen LogP contribution < -0.4 is 20.4 Å². The molecule has 0 aliphatic carbocycles. The highest BCUT2D eigenvalue weighted by molar-refractivity contribution is 6.12. The predicted molar refractivity (Wildman–Crippen MR) is 142 cm³/mol. The third-order valence-corrected chi connectivity index (χ3v) is 6.25. The van der Waals surface area contributed by atoms with E-state index in [2.05, 4.69) is 20.8 Å². The molecule has 1 aliphatic rings. The molecule has 0 saturated carbocycles. The maximum atomic E-state index is 13.8. The van der Waals surface area contributed by atoms with Crippen LogP contribution >= 0.6 is 0 Å². The smallest absolute Gasteiger partial charge is 0.254 e. The van der Waals surface area contributed by atoms with E-state index in [4.69, 9.17) is 0 Å². The second kappa shape index (κ2) is 12.2. The number of hydrogen-bond donors (Lipinski definition) is 3. The van der Waals surface area contributed by atoms with Crippen molar-refractivity contribution in [3.05, 3.63) is 60.3 Å². The molecule has 1 aliphatic heterocycles. The van der Waals surface area contributed by atoms with Gasteiger partial charge in [-0.3, -0.25) is 28.9 Å². The lowest BCUT2D eigenvalue weighted by Gasteiger charge is -2.25. The average molecular weight is 547 g/mol. The van der Waals surface area contributed by atoms with Gasteiger partial charge in [-0.05, 0) is 25.1 Å². The van der Waals surface area contributed by atoms with Crippen LogP contribution in [0.2, 0.25) is 0 Å². The maximum Gasteiger partial charge on any atom is 0.254 e. The molecular formula is C27H26N6O7. The Hall–Kier alpha value is -5.04. The molecule has 13 heteroatoms. The number of aldehydes is 1. The fourth-order valence-electron chi connectivity index (χ4n) is 4.44. The molecule has 3 aromatic rings. The summed E-state index contributed by atoms with van der Waals surface area (Å²) in [7, 11) is 0. The van der Waals surface area contributed by atoms with Crippen LogP contribution in [-0.2, 0) is 24.0 Å². The summed E-state index contributed by atoms with van der Waals surface area (Å²) in [4.78, 5) is 77.9. The van der Waals surface area contributed by atoms with Gasteiger partial charge in [0, 0.05) is 11.8 Å². The SMILES string of the molecule is CC(=O)C[C@@H](C=O)NC(=O)CN1C(=O)[C@@H](NC(=O)c2cnnc3ccccc23)CN(C(=O)CO)c2ccccc21. The van der Waals surface area contributed by atoms with Crippen LogP contribution in [0.5, 0.6) is 0 Å². The van der Waals surface area contributed by atoms with Crippen molar-refractivity contribution in [3.63, 3.8) is 0 Å². The highest BCUT2D eigenvalue weighted by Crippen LogP contribution is 2.33. The first-order valence-electron chi connectivity index (χ1n) is 12.3. The number of carbonyl (C=O) groups excluding carboxylic acids is 6. The number of Topliss-reactive ketones (excluding diaryl/α,β-unsaturated/α-hetero) is 1. The summed E-state index contributed by atoms with van der Waals surface area (Å²) in [5.41, 5.74) is 1.00. The highest BCUT2D eigenvalue weighted by Gasteiger charge is 2.38. The van der Waals surface area contributed by atoms with Crippen LogP contribution in [0.4, 0.5) is 11.4 Å². The third-order valence-electron chi connectivity index (χ3n) is 6.25. The summed E-state index contributed by atoms with van der Waals surface area (Å²) in [6.45, 7) is -0.504. The molecule has 4 rings (SSSR count). The van der Waals surface area contributed by atoms with Crippen molar-refractivity contribution in [1.29, 1.82) is 0 Å². The molecule has 0 radical (unpaired) electrons. The molecule has 0 bridgehead atoms. The van der Waals surface area contributed by atoms with E-state index in [0.717, 1.165) is 9.80 Å². The molecule has 0 saturated heterocycles. The number of carbonyl (C=O) groups is 6. The lowest BCUT2D eigenvalue weighted by molar-refractivity contribution is -0.127. The van der Waals surface area contributed by atoms with Crippen LogP contribution in [0.25, 0.3) is 10.9 Å². The number of aromatic nitrogens is 2. The molecule has 1 aromatic heterocycles. The van der Waals surface area contributed by atoms with Crippen molar-refractivity contribution in [2.75, 3.05) is 29.5 Å². The largest absolute Gasteiger partial charge is 0.387 e. The first-order chi connectivity index (χ1) is 19.2. The molecule has 3 N–H and O–H groups in total. The first-order valence-corrected chi connectivity index (χ1v) is 12.3. The number of fused-ring (bicyclic) bond motifs is 2. The molecule has 2 aromatic carbocycles. The molecule has 13 nitrogen and oxygen atoms in total. The van der Waals surface area contributed by atoms with Gasteiger partial charge in [0.15, 0.2) is 0 Å². The number of anilines is 2. The lowest BCUT2D eigenvalue weighted by atomic mass is 10.1. The van der Waals surface area contributed by atoms with Gasteiger partial charge >= 0.3 is 0 Å². The quantitative estimate of drug-likeness (QED) is 0.306. The summed E-state index contributed by atoms with van der Waals surface area (Å²) in [6.07, 6.45) is 1.46. The number of rotatable bonds is 9. The van der Waals surface area contributed by atoms with Crippen LogP contribution in [0, 0.1) is 0 Å². The van der Waals surface area contributed by atoms with E-state index in [1.165, 1.54) is 25.3 Å². The number of aliphatic hydroxyl groups excluding tert-OH is 1. The molecule has 2 atom stereocenters. The van der Waals surface area contributed by atoms with E-state index in [1.807, 2.05) is 0 Å². The minimum atomic E-state index is -1.34. The van der Waals surface area contributed by atoms with Gasteiger partial charge in [0.2, 0.25) is 5.91 Å². The molecule has 0 fully saturated rings. The van der Waals surface area contributed by atoms with Gasteiger partial charge in [0.05, 0.1) is 41.2 Å². The zero-order valence-electron chi connectivity index (χ0n) is 21.4. The Morgan fingerprint density at radius 2 is 1.80 bits per heavy atom. The van der Waals surface area contributed by atoms with E-state index in [1.54, 1.807) is 36.4 Å². The van der Waals surface area contributed by atoms with Crippen molar-refractivity contribution in [2.45, 2.75) is 25.4 Å². The number of hydrogen-bond acceptors (Lipinski definition) is 9. The molecule has 40 heavy (non-hydrogen) atoms. The van der Waals surface area contributed by atoms with E-state index < -0.39 is 48.9 Å². The lowest BCUT2D eigenvalue weighted by Crippen LogP contribution is -2.55. The van der Waals surface area contributed by atoms with Crippen molar-refractivity contribution >= 4 is 58.0 Å². The Kier molecular flexibility index (Phi) is 8.54. The molecular weight excluding hydrogens is 520 g/mol. The van der Waals surface area contributed by atoms with Gasteiger partial charge in [-0.25, -0.2) is 0 Å². The standard InChI is InChI=1S/C27H26N6O7/c1-16(36)10-17(14-34)29-24(37)13-33-23-9-5-4-8-22(23)32(25(38)15-35)12-21(27(33)40)30-26(39)19-11-28-31-20-7-3-2-6-18(19)20/h2-9,11,14,17,21,35H,10,12-13,15H2,1H3,(H,29,37)(H,30,39)/t17-,21-/m0/s1. The minimum absolute atomic E-state index is 0.141.